The fourth-order valence-corrected chi connectivity index (χ4v) is 2.08. The Morgan fingerprint density at radius 1 is 1.64 bits per heavy atom. The summed E-state index contributed by atoms with van der Waals surface area (Å²) in [6.07, 6.45) is 0.836. The molecule has 2 N–H and O–H groups in total. The molecule has 0 heterocycles. The van der Waals surface area contributed by atoms with Crippen molar-refractivity contribution in [1.82, 2.24) is 5.32 Å². The zero-order valence-corrected chi connectivity index (χ0v) is 10.0. The molecule has 0 saturated carbocycles. The molecule has 3 nitrogen and oxygen atoms in total. The minimum absolute atomic E-state index is 0.245. The highest BCUT2D eigenvalue weighted by Gasteiger charge is 2.20. The van der Waals surface area contributed by atoms with Crippen molar-refractivity contribution in [2.45, 2.75) is 25.8 Å². The molecule has 0 aromatic heterocycles. The van der Waals surface area contributed by atoms with Crippen molar-refractivity contribution in [2.75, 3.05) is 25.2 Å². The quantitative estimate of drug-likeness (QED) is 0.629. The Bertz CT molecular complexity index is 193. The topological polar surface area (TPSA) is 56.0 Å². The molecule has 0 aromatic rings. The van der Waals surface area contributed by atoms with Gasteiger partial charge in [-0.25, -0.2) is 0 Å². The third kappa shape index (κ3) is 5.48. The summed E-state index contributed by atoms with van der Waals surface area (Å²) in [7, 11) is 1.81. The number of aliphatic hydroxyl groups excluding tert-OH is 1. The number of nitrogens with zero attached hydrogens (tertiary/aromatic N) is 1. The zero-order chi connectivity index (χ0) is 11.0. The second-order valence-electron chi connectivity index (χ2n) is 3.81. The van der Waals surface area contributed by atoms with Gasteiger partial charge in [-0.3, -0.25) is 0 Å². The lowest BCUT2D eigenvalue weighted by Crippen LogP contribution is -2.38. The van der Waals surface area contributed by atoms with Crippen molar-refractivity contribution in [1.29, 1.82) is 5.26 Å². The summed E-state index contributed by atoms with van der Waals surface area (Å²) in [5.74, 6) is 2.26. The molecule has 2 atom stereocenters. The summed E-state index contributed by atoms with van der Waals surface area (Å²) >= 11 is 1.79. The molecule has 0 aliphatic rings. The molecule has 0 spiro atoms. The maximum absolute atomic E-state index is 8.88. The molecule has 0 aliphatic carbocycles. The van der Waals surface area contributed by atoms with Crippen LogP contribution >= 0.6 is 11.8 Å². The highest BCUT2D eigenvalue weighted by Crippen LogP contribution is 2.15. The monoisotopic (exact) mass is 216 g/mol. The standard InChI is InChI=1S/C10H20N2OS/c1-9(6-13)7-14-5-4-10(2,8-11)12-3/h9,12-13H,4-7H2,1-3H3. The molecule has 82 valence electrons. The van der Waals surface area contributed by atoms with E-state index in [1.165, 1.54) is 0 Å². The Morgan fingerprint density at radius 3 is 2.71 bits per heavy atom. The summed E-state index contributed by atoms with van der Waals surface area (Å²) in [5.41, 5.74) is -0.407. The Morgan fingerprint density at radius 2 is 2.29 bits per heavy atom. The molecule has 0 radical (unpaired) electrons. The van der Waals surface area contributed by atoms with Crippen LogP contribution in [0.15, 0.2) is 0 Å². The van der Waals surface area contributed by atoms with Gasteiger partial charge in [-0.15, -0.1) is 0 Å². The van der Waals surface area contributed by atoms with Crippen LogP contribution in [0.4, 0.5) is 0 Å². The van der Waals surface area contributed by atoms with Crippen LogP contribution in [0.3, 0.4) is 0 Å². The summed E-state index contributed by atoms with van der Waals surface area (Å²) in [4.78, 5) is 0. The lowest BCUT2D eigenvalue weighted by atomic mass is 10.0. The van der Waals surface area contributed by atoms with Gasteiger partial charge in [0.2, 0.25) is 0 Å². The lowest BCUT2D eigenvalue weighted by Gasteiger charge is -2.20. The highest BCUT2D eigenvalue weighted by atomic mass is 32.2. The Kier molecular flexibility index (Phi) is 6.98. The van der Waals surface area contributed by atoms with Crippen LogP contribution in [0.25, 0.3) is 0 Å². The third-order valence-electron chi connectivity index (χ3n) is 2.26. The minimum atomic E-state index is -0.407. The van der Waals surface area contributed by atoms with Crippen molar-refractivity contribution in [3.63, 3.8) is 0 Å². The van der Waals surface area contributed by atoms with E-state index in [2.05, 4.69) is 11.4 Å². The predicted octanol–water partition coefficient (Wildman–Crippen LogP) is 1.24. The molecular weight excluding hydrogens is 196 g/mol. The fourth-order valence-electron chi connectivity index (χ4n) is 0.850. The van der Waals surface area contributed by atoms with Gasteiger partial charge in [-0.1, -0.05) is 6.92 Å². The Balaban J connectivity index is 3.59. The Labute approximate surface area is 90.9 Å². The van der Waals surface area contributed by atoms with Crippen molar-refractivity contribution in [3.05, 3.63) is 0 Å². The van der Waals surface area contributed by atoms with Crippen molar-refractivity contribution < 1.29 is 5.11 Å². The van der Waals surface area contributed by atoms with E-state index in [0.29, 0.717) is 5.92 Å². The number of aliphatic hydroxyl groups is 1. The van der Waals surface area contributed by atoms with Gasteiger partial charge in [0.1, 0.15) is 5.54 Å². The molecule has 4 heteroatoms. The summed E-state index contributed by atoms with van der Waals surface area (Å²) in [6.45, 7) is 4.17. The second kappa shape index (κ2) is 7.10. The van der Waals surface area contributed by atoms with E-state index in [-0.39, 0.29) is 6.61 Å². The first-order valence-electron chi connectivity index (χ1n) is 4.86. The summed E-state index contributed by atoms with van der Waals surface area (Å²) < 4.78 is 0. The number of rotatable bonds is 7. The molecule has 0 fully saturated rings. The molecule has 0 aliphatic heterocycles. The van der Waals surface area contributed by atoms with Gasteiger partial charge in [-0.05, 0) is 37.8 Å². The van der Waals surface area contributed by atoms with Gasteiger partial charge >= 0.3 is 0 Å². The van der Waals surface area contributed by atoms with Gasteiger partial charge in [0.15, 0.2) is 0 Å². The molecule has 0 saturated heterocycles. The molecule has 0 amide bonds. The number of thioether (sulfide) groups is 1. The average Bonchev–Trinajstić information content (AvgIpc) is 2.23. The van der Waals surface area contributed by atoms with Gasteiger partial charge in [0.25, 0.3) is 0 Å². The molecule has 2 unspecified atom stereocenters. The first-order chi connectivity index (χ1) is 6.58. The van der Waals surface area contributed by atoms with E-state index in [0.717, 1.165) is 17.9 Å². The van der Waals surface area contributed by atoms with Crippen LogP contribution in [0.1, 0.15) is 20.3 Å². The summed E-state index contributed by atoms with van der Waals surface area (Å²) in [6, 6.07) is 2.26. The van der Waals surface area contributed by atoms with E-state index in [9.17, 15) is 0 Å². The predicted molar refractivity (Wildman–Crippen MR) is 61.3 cm³/mol. The number of hydrogen-bond donors (Lipinski definition) is 2. The first-order valence-corrected chi connectivity index (χ1v) is 6.02. The molecule has 0 rings (SSSR count). The maximum atomic E-state index is 8.88. The van der Waals surface area contributed by atoms with Crippen molar-refractivity contribution in [2.24, 2.45) is 5.92 Å². The van der Waals surface area contributed by atoms with Crippen molar-refractivity contribution >= 4 is 11.8 Å². The second-order valence-corrected chi connectivity index (χ2v) is 4.96. The largest absolute Gasteiger partial charge is 0.396 e. The van der Waals surface area contributed by atoms with E-state index in [4.69, 9.17) is 10.4 Å². The van der Waals surface area contributed by atoms with Gasteiger partial charge < -0.3 is 10.4 Å². The van der Waals surface area contributed by atoms with Gasteiger partial charge in [0, 0.05) is 6.61 Å². The third-order valence-corrected chi connectivity index (χ3v) is 3.56. The average molecular weight is 216 g/mol. The molecular formula is C10H20N2OS. The molecule has 0 aromatic carbocycles. The minimum Gasteiger partial charge on any atom is -0.396 e. The lowest BCUT2D eigenvalue weighted by molar-refractivity contribution is 0.250. The normalized spacial score (nSPS) is 17.1. The van der Waals surface area contributed by atoms with E-state index in [1.54, 1.807) is 11.8 Å². The van der Waals surface area contributed by atoms with Crippen LogP contribution in [-0.4, -0.2) is 35.8 Å². The van der Waals surface area contributed by atoms with Gasteiger partial charge in [0.05, 0.1) is 6.07 Å². The summed E-state index contributed by atoms with van der Waals surface area (Å²) in [5, 5.41) is 20.7. The van der Waals surface area contributed by atoms with E-state index >= 15 is 0 Å². The number of nitrogens with one attached hydrogen (secondary N) is 1. The van der Waals surface area contributed by atoms with Crippen LogP contribution in [0.5, 0.6) is 0 Å². The molecule has 14 heavy (non-hydrogen) atoms. The number of nitriles is 1. The smallest absolute Gasteiger partial charge is 0.104 e. The number of hydrogen-bond acceptors (Lipinski definition) is 4. The van der Waals surface area contributed by atoms with Crippen molar-refractivity contribution in [3.8, 4) is 6.07 Å². The molecule has 0 bridgehead atoms. The maximum Gasteiger partial charge on any atom is 0.104 e. The fraction of sp³-hybridized carbons (Fsp3) is 0.900. The van der Waals surface area contributed by atoms with Crippen LogP contribution in [-0.2, 0) is 0 Å². The Hall–Kier alpha value is -0.240. The first kappa shape index (κ1) is 13.8. The van der Waals surface area contributed by atoms with Crippen LogP contribution in [0.2, 0.25) is 0 Å². The van der Waals surface area contributed by atoms with Gasteiger partial charge in [-0.2, -0.15) is 17.0 Å². The van der Waals surface area contributed by atoms with Crippen LogP contribution < -0.4 is 5.32 Å². The van der Waals surface area contributed by atoms with Crippen LogP contribution in [0, 0.1) is 17.2 Å². The SMILES string of the molecule is CNC(C)(C#N)CCSCC(C)CO. The zero-order valence-electron chi connectivity index (χ0n) is 9.21. The highest BCUT2D eigenvalue weighted by molar-refractivity contribution is 7.99. The van der Waals surface area contributed by atoms with E-state index in [1.807, 2.05) is 20.9 Å². The van der Waals surface area contributed by atoms with E-state index < -0.39 is 5.54 Å².